The molecule has 1 aromatic rings. The van der Waals surface area contributed by atoms with Crippen molar-refractivity contribution in [3.8, 4) is 0 Å². The van der Waals surface area contributed by atoms with E-state index in [9.17, 15) is 4.79 Å². The number of carboxylic acid groups (broad SMARTS) is 1. The Bertz CT molecular complexity index is 295. The Balaban J connectivity index is 0.00000169. The third-order valence-corrected chi connectivity index (χ3v) is 1.79. The third kappa shape index (κ3) is 3.75. The van der Waals surface area contributed by atoms with Gasteiger partial charge in [-0.3, -0.25) is 9.78 Å². The maximum Gasteiger partial charge on any atom is 0.307 e. The Labute approximate surface area is 89.6 Å². The molecule has 0 aliphatic rings. The average molecular weight is 216 g/mol. The van der Waals surface area contributed by atoms with Gasteiger partial charge in [-0.15, -0.1) is 12.4 Å². The zero-order valence-corrected chi connectivity index (χ0v) is 9.04. The van der Waals surface area contributed by atoms with Crippen LogP contribution < -0.4 is 0 Å². The molecule has 0 aromatic carbocycles. The number of aromatic nitrogens is 1. The summed E-state index contributed by atoms with van der Waals surface area (Å²) in [6, 6.07) is 3.69. The molecule has 78 valence electrons. The number of halogens is 1. The summed E-state index contributed by atoms with van der Waals surface area (Å²) in [7, 11) is 0. The van der Waals surface area contributed by atoms with Gasteiger partial charge >= 0.3 is 5.97 Å². The lowest BCUT2D eigenvalue weighted by Crippen LogP contribution is -2.01. The predicted molar refractivity (Wildman–Crippen MR) is 56.9 cm³/mol. The van der Waals surface area contributed by atoms with Crippen LogP contribution in [0.2, 0.25) is 0 Å². The first-order valence-corrected chi connectivity index (χ1v) is 4.26. The molecule has 0 aliphatic carbocycles. The molecule has 0 unspecified atom stereocenters. The van der Waals surface area contributed by atoms with E-state index in [0.717, 1.165) is 11.3 Å². The van der Waals surface area contributed by atoms with E-state index >= 15 is 0 Å². The van der Waals surface area contributed by atoms with Crippen molar-refractivity contribution in [1.82, 2.24) is 4.98 Å². The monoisotopic (exact) mass is 215 g/mol. The topological polar surface area (TPSA) is 50.2 Å². The van der Waals surface area contributed by atoms with E-state index in [4.69, 9.17) is 5.11 Å². The van der Waals surface area contributed by atoms with Gasteiger partial charge in [0.05, 0.1) is 6.42 Å². The average Bonchev–Trinajstić information content (AvgIpc) is 2.04. The maximum atomic E-state index is 10.4. The lowest BCUT2D eigenvalue weighted by Gasteiger charge is -2.03. The summed E-state index contributed by atoms with van der Waals surface area (Å²) in [5, 5.41) is 8.52. The molecule has 0 aliphatic heterocycles. The highest BCUT2D eigenvalue weighted by atomic mass is 35.5. The first kappa shape index (κ1) is 12.9. The second-order valence-electron chi connectivity index (χ2n) is 3.32. The van der Waals surface area contributed by atoms with Crippen molar-refractivity contribution in [3.63, 3.8) is 0 Å². The molecule has 0 radical (unpaired) electrons. The zero-order valence-electron chi connectivity index (χ0n) is 8.23. The normalized spacial score (nSPS) is 9.64. The zero-order chi connectivity index (χ0) is 9.84. The smallest absolute Gasteiger partial charge is 0.307 e. The predicted octanol–water partition coefficient (Wildman–Crippen LogP) is 2.25. The molecule has 4 heteroatoms. The van der Waals surface area contributed by atoms with Gasteiger partial charge < -0.3 is 5.11 Å². The molecule has 1 heterocycles. The van der Waals surface area contributed by atoms with Crippen molar-refractivity contribution in [3.05, 3.63) is 29.6 Å². The number of carbonyl (C=O) groups is 1. The van der Waals surface area contributed by atoms with E-state index in [-0.39, 0.29) is 18.8 Å². The molecule has 0 amide bonds. The van der Waals surface area contributed by atoms with Gasteiger partial charge in [0.15, 0.2) is 0 Å². The third-order valence-electron chi connectivity index (χ3n) is 1.79. The van der Waals surface area contributed by atoms with Crippen LogP contribution in [0.3, 0.4) is 0 Å². The van der Waals surface area contributed by atoms with Crippen LogP contribution in [0.15, 0.2) is 18.3 Å². The standard InChI is InChI=1S/C10H13NO2.ClH/c1-7(2)9-4-3-8(6-11-9)5-10(12)13;/h3-4,6-7H,5H2,1-2H3,(H,12,13);1H. The Morgan fingerprint density at radius 3 is 2.50 bits per heavy atom. The van der Waals surface area contributed by atoms with E-state index in [1.54, 1.807) is 6.20 Å². The molecule has 1 aromatic heterocycles. The summed E-state index contributed by atoms with van der Waals surface area (Å²) < 4.78 is 0. The van der Waals surface area contributed by atoms with Crippen LogP contribution in [0.1, 0.15) is 31.0 Å². The number of hydrogen-bond acceptors (Lipinski definition) is 2. The van der Waals surface area contributed by atoms with Gasteiger partial charge in [0.25, 0.3) is 0 Å². The van der Waals surface area contributed by atoms with E-state index in [1.165, 1.54) is 0 Å². The molecule has 1 N–H and O–H groups in total. The number of aliphatic carboxylic acids is 1. The lowest BCUT2D eigenvalue weighted by molar-refractivity contribution is -0.136. The van der Waals surface area contributed by atoms with Gasteiger partial charge in [0.1, 0.15) is 0 Å². The highest BCUT2D eigenvalue weighted by molar-refractivity contribution is 5.85. The van der Waals surface area contributed by atoms with Crippen molar-refractivity contribution < 1.29 is 9.90 Å². The maximum absolute atomic E-state index is 10.4. The lowest BCUT2D eigenvalue weighted by atomic mass is 10.1. The van der Waals surface area contributed by atoms with Crippen molar-refractivity contribution in [2.24, 2.45) is 0 Å². The number of rotatable bonds is 3. The number of carboxylic acids is 1. The summed E-state index contributed by atoms with van der Waals surface area (Å²) >= 11 is 0. The molecule has 0 bridgehead atoms. The molecule has 0 saturated heterocycles. The largest absolute Gasteiger partial charge is 0.481 e. The van der Waals surface area contributed by atoms with Gasteiger partial charge in [-0.2, -0.15) is 0 Å². The van der Waals surface area contributed by atoms with Crippen LogP contribution >= 0.6 is 12.4 Å². The Kier molecular flexibility index (Phi) is 5.16. The van der Waals surface area contributed by atoms with Gasteiger partial charge in [-0.25, -0.2) is 0 Å². The number of hydrogen-bond donors (Lipinski definition) is 1. The van der Waals surface area contributed by atoms with E-state index in [2.05, 4.69) is 18.8 Å². The molecule has 3 nitrogen and oxygen atoms in total. The van der Waals surface area contributed by atoms with Gasteiger partial charge in [0.2, 0.25) is 0 Å². The summed E-state index contributed by atoms with van der Waals surface area (Å²) in [6.07, 6.45) is 1.68. The molecule has 1 rings (SSSR count). The van der Waals surface area contributed by atoms with Crippen molar-refractivity contribution >= 4 is 18.4 Å². The van der Waals surface area contributed by atoms with Crippen LogP contribution in [-0.4, -0.2) is 16.1 Å². The quantitative estimate of drug-likeness (QED) is 0.842. The van der Waals surface area contributed by atoms with Crippen LogP contribution in [-0.2, 0) is 11.2 Å². The molecule has 0 spiro atoms. The fourth-order valence-electron chi connectivity index (χ4n) is 1.06. The fraction of sp³-hybridized carbons (Fsp3) is 0.400. The highest BCUT2D eigenvalue weighted by Crippen LogP contribution is 2.11. The fourth-order valence-corrected chi connectivity index (χ4v) is 1.06. The molecule has 0 fully saturated rings. The van der Waals surface area contributed by atoms with Crippen LogP contribution in [0.25, 0.3) is 0 Å². The van der Waals surface area contributed by atoms with Crippen LogP contribution in [0, 0.1) is 0 Å². The minimum Gasteiger partial charge on any atom is -0.481 e. The second-order valence-corrected chi connectivity index (χ2v) is 3.32. The molecular weight excluding hydrogens is 202 g/mol. The Morgan fingerprint density at radius 2 is 2.14 bits per heavy atom. The molecule has 14 heavy (non-hydrogen) atoms. The minimum absolute atomic E-state index is 0. The van der Waals surface area contributed by atoms with Gasteiger partial charge in [0, 0.05) is 11.9 Å². The molecule has 0 saturated carbocycles. The van der Waals surface area contributed by atoms with Crippen LogP contribution in [0.5, 0.6) is 0 Å². The van der Waals surface area contributed by atoms with Crippen molar-refractivity contribution in [1.29, 1.82) is 0 Å². The van der Waals surface area contributed by atoms with Crippen molar-refractivity contribution in [2.45, 2.75) is 26.2 Å². The van der Waals surface area contributed by atoms with Crippen LogP contribution in [0.4, 0.5) is 0 Å². The summed E-state index contributed by atoms with van der Waals surface area (Å²) in [4.78, 5) is 14.5. The molecule has 0 atom stereocenters. The summed E-state index contributed by atoms with van der Waals surface area (Å²) in [5.74, 6) is -0.432. The van der Waals surface area contributed by atoms with E-state index < -0.39 is 5.97 Å². The highest BCUT2D eigenvalue weighted by Gasteiger charge is 2.03. The molecular formula is C10H14ClNO2. The van der Waals surface area contributed by atoms with E-state index in [1.807, 2.05) is 12.1 Å². The van der Waals surface area contributed by atoms with Crippen molar-refractivity contribution in [2.75, 3.05) is 0 Å². The number of pyridine rings is 1. The summed E-state index contributed by atoms with van der Waals surface area (Å²) in [6.45, 7) is 4.11. The first-order chi connectivity index (χ1) is 6.09. The second kappa shape index (κ2) is 5.60. The Hall–Kier alpha value is -1.09. The Morgan fingerprint density at radius 1 is 1.50 bits per heavy atom. The minimum atomic E-state index is -0.820. The number of nitrogens with zero attached hydrogens (tertiary/aromatic N) is 1. The SMILES string of the molecule is CC(C)c1ccc(CC(=O)O)cn1.Cl. The first-order valence-electron chi connectivity index (χ1n) is 4.26. The van der Waals surface area contributed by atoms with Gasteiger partial charge in [-0.1, -0.05) is 19.9 Å². The summed E-state index contributed by atoms with van der Waals surface area (Å²) in [5.41, 5.74) is 1.74. The van der Waals surface area contributed by atoms with Gasteiger partial charge in [-0.05, 0) is 17.5 Å². The van der Waals surface area contributed by atoms with E-state index in [0.29, 0.717) is 5.92 Å².